The molecule has 2 rings (SSSR count). The van der Waals surface area contributed by atoms with Gasteiger partial charge in [-0.25, -0.2) is 9.50 Å². The van der Waals surface area contributed by atoms with E-state index in [1.807, 2.05) is 6.92 Å². The van der Waals surface area contributed by atoms with E-state index in [0.29, 0.717) is 11.3 Å². The van der Waals surface area contributed by atoms with Gasteiger partial charge in [0.25, 0.3) is 5.56 Å². The van der Waals surface area contributed by atoms with Crippen LogP contribution in [-0.2, 0) is 21.4 Å². The van der Waals surface area contributed by atoms with Crippen molar-refractivity contribution in [1.82, 2.24) is 14.6 Å². The molecule has 20 heavy (non-hydrogen) atoms. The highest BCUT2D eigenvalue weighted by Crippen LogP contribution is 2.25. The maximum Gasteiger partial charge on any atom is 0.311 e. The zero-order valence-corrected chi connectivity index (χ0v) is 12.4. The summed E-state index contributed by atoms with van der Waals surface area (Å²) in [5.41, 5.74) is 2.50. The second-order valence-electron chi connectivity index (χ2n) is 5.86. The van der Waals surface area contributed by atoms with Crippen molar-refractivity contribution in [3.8, 4) is 0 Å². The van der Waals surface area contributed by atoms with E-state index in [9.17, 15) is 9.59 Å². The predicted molar refractivity (Wildman–Crippen MR) is 75.0 cm³/mol. The summed E-state index contributed by atoms with van der Waals surface area (Å²) < 4.78 is 6.01. The van der Waals surface area contributed by atoms with Gasteiger partial charge in [0.2, 0.25) is 0 Å². The largest absolute Gasteiger partial charge is 0.469 e. The Hall–Kier alpha value is -2.11. The molecule has 0 atom stereocenters. The number of rotatable bonds is 2. The average Bonchev–Trinajstić information content (AvgIpc) is 2.67. The van der Waals surface area contributed by atoms with Gasteiger partial charge in [-0.3, -0.25) is 14.7 Å². The molecule has 2 aromatic heterocycles. The van der Waals surface area contributed by atoms with Crippen LogP contribution in [-0.4, -0.2) is 27.7 Å². The summed E-state index contributed by atoms with van der Waals surface area (Å²) in [6, 6.07) is 1.35. The Labute approximate surface area is 116 Å². The number of ether oxygens (including phenoxy) is 1. The number of nitrogens with zero attached hydrogens (tertiary/aromatic N) is 2. The van der Waals surface area contributed by atoms with E-state index < -0.39 is 5.97 Å². The number of H-pyrrole nitrogens is 1. The van der Waals surface area contributed by atoms with E-state index in [1.54, 1.807) is 0 Å². The number of aromatic amines is 1. The molecule has 2 aromatic rings. The lowest BCUT2D eigenvalue weighted by atomic mass is 9.90. The van der Waals surface area contributed by atoms with Crippen LogP contribution in [0.5, 0.6) is 0 Å². The summed E-state index contributed by atoms with van der Waals surface area (Å²) in [4.78, 5) is 27.8. The van der Waals surface area contributed by atoms with Crippen LogP contribution in [0, 0.1) is 6.92 Å². The first-order valence-electron chi connectivity index (χ1n) is 6.42. The minimum Gasteiger partial charge on any atom is -0.469 e. The highest BCUT2D eigenvalue weighted by molar-refractivity contribution is 5.72. The van der Waals surface area contributed by atoms with E-state index in [-0.39, 0.29) is 17.4 Å². The zero-order valence-electron chi connectivity index (χ0n) is 12.4. The van der Waals surface area contributed by atoms with Gasteiger partial charge in [0.05, 0.1) is 19.2 Å². The van der Waals surface area contributed by atoms with Crippen molar-refractivity contribution in [2.45, 2.75) is 39.5 Å². The SMILES string of the molecule is COC(=O)Cc1cc(=O)n2[nH]c(C(C)(C)C)c(C)c2n1. The number of esters is 1. The van der Waals surface area contributed by atoms with Crippen molar-refractivity contribution in [2.75, 3.05) is 7.11 Å². The minimum atomic E-state index is -0.412. The Balaban J connectivity index is 2.63. The molecule has 0 saturated heterocycles. The van der Waals surface area contributed by atoms with Crippen LogP contribution in [0.3, 0.4) is 0 Å². The zero-order chi connectivity index (χ0) is 15.1. The van der Waals surface area contributed by atoms with Gasteiger partial charge in [-0.15, -0.1) is 0 Å². The number of hydrogen-bond donors (Lipinski definition) is 1. The van der Waals surface area contributed by atoms with E-state index in [4.69, 9.17) is 0 Å². The molecule has 0 spiro atoms. The van der Waals surface area contributed by atoms with Gasteiger partial charge in [-0.05, 0) is 6.92 Å². The molecular formula is C14H19N3O3. The van der Waals surface area contributed by atoms with Crippen LogP contribution in [0.2, 0.25) is 0 Å². The van der Waals surface area contributed by atoms with Crippen molar-refractivity contribution < 1.29 is 9.53 Å². The summed E-state index contributed by atoms with van der Waals surface area (Å²) in [5.74, 6) is -0.412. The second-order valence-corrected chi connectivity index (χ2v) is 5.86. The molecule has 0 aromatic carbocycles. The van der Waals surface area contributed by atoms with Crippen molar-refractivity contribution in [1.29, 1.82) is 0 Å². The standard InChI is InChI=1S/C14H19N3O3/c1-8-12(14(2,3)4)16-17-10(18)6-9(15-13(8)17)7-11(19)20-5/h6,16H,7H2,1-5H3. The van der Waals surface area contributed by atoms with Crippen molar-refractivity contribution in [2.24, 2.45) is 0 Å². The molecule has 1 N–H and O–H groups in total. The van der Waals surface area contributed by atoms with Gasteiger partial charge in [0, 0.05) is 22.7 Å². The van der Waals surface area contributed by atoms with Crippen molar-refractivity contribution in [3.05, 3.63) is 33.4 Å². The molecule has 0 radical (unpaired) electrons. The van der Waals surface area contributed by atoms with Crippen molar-refractivity contribution in [3.63, 3.8) is 0 Å². The summed E-state index contributed by atoms with van der Waals surface area (Å²) in [6.07, 6.45) is -0.00227. The average molecular weight is 277 g/mol. The number of aromatic nitrogens is 3. The third kappa shape index (κ3) is 2.45. The molecule has 0 aliphatic carbocycles. The van der Waals surface area contributed by atoms with Gasteiger partial charge in [0.1, 0.15) is 0 Å². The maximum absolute atomic E-state index is 12.1. The van der Waals surface area contributed by atoms with E-state index in [1.165, 1.54) is 17.7 Å². The molecule has 0 saturated carbocycles. The van der Waals surface area contributed by atoms with Gasteiger partial charge in [-0.1, -0.05) is 20.8 Å². The summed E-state index contributed by atoms with van der Waals surface area (Å²) in [7, 11) is 1.31. The van der Waals surface area contributed by atoms with E-state index >= 15 is 0 Å². The number of carbonyl (C=O) groups excluding carboxylic acids is 1. The predicted octanol–water partition coefficient (Wildman–Crippen LogP) is 1.34. The Morgan fingerprint density at radius 3 is 2.65 bits per heavy atom. The first kappa shape index (κ1) is 14.3. The molecular weight excluding hydrogens is 258 g/mol. The van der Waals surface area contributed by atoms with Gasteiger partial charge in [-0.2, -0.15) is 0 Å². The molecule has 0 fully saturated rings. The molecule has 6 nitrogen and oxygen atoms in total. The van der Waals surface area contributed by atoms with Gasteiger partial charge >= 0.3 is 5.97 Å². The molecule has 0 unspecified atom stereocenters. The number of methoxy groups -OCH3 is 1. The fourth-order valence-corrected chi connectivity index (χ4v) is 2.24. The van der Waals surface area contributed by atoms with Gasteiger partial charge < -0.3 is 4.74 Å². The molecule has 0 aliphatic rings. The highest BCUT2D eigenvalue weighted by Gasteiger charge is 2.22. The quantitative estimate of drug-likeness (QED) is 0.840. The highest BCUT2D eigenvalue weighted by atomic mass is 16.5. The van der Waals surface area contributed by atoms with Crippen LogP contribution in [0.15, 0.2) is 10.9 Å². The number of nitrogens with one attached hydrogen (secondary N) is 1. The molecule has 0 bridgehead atoms. The second kappa shape index (κ2) is 4.77. The molecule has 6 heteroatoms. The summed E-state index contributed by atoms with van der Waals surface area (Å²) in [6.45, 7) is 8.10. The van der Waals surface area contributed by atoms with E-state index in [0.717, 1.165) is 11.3 Å². The van der Waals surface area contributed by atoms with Crippen LogP contribution in [0.4, 0.5) is 0 Å². The van der Waals surface area contributed by atoms with Crippen LogP contribution >= 0.6 is 0 Å². The molecule has 2 heterocycles. The van der Waals surface area contributed by atoms with Crippen LogP contribution in [0.1, 0.15) is 37.7 Å². The van der Waals surface area contributed by atoms with E-state index in [2.05, 4.69) is 35.6 Å². The van der Waals surface area contributed by atoms with Crippen molar-refractivity contribution >= 4 is 11.6 Å². The fourth-order valence-electron chi connectivity index (χ4n) is 2.24. The number of carbonyl (C=O) groups is 1. The Morgan fingerprint density at radius 2 is 2.10 bits per heavy atom. The molecule has 108 valence electrons. The summed E-state index contributed by atoms with van der Waals surface area (Å²) >= 11 is 0. The third-order valence-corrected chi connectivity index (χ3v) is 3.21. The first-order chi connectivity index (χ1) is 9.24. The normalized spacial score (nSPS) is 11.8. The minimum absolute atomic E-state index is 0.00227. The first-order valence-corrected chi connectivity index (χ1v) is 6.42. The number of fused-ring (bicyclic) bond motifs is 1. The van der Waals surface area contributed by atoms with Gasteiger partial charge in [0.15, 0.2) is 5.65 Å². The Morgan fingerprint density at radius 1 is 1.45 bits per heavy atom. The van der Waals surface area contributed by atoms with Crippen LogP contribution in [0.25, 0.3) is 5.65 Å². The monoisotopic (exact) mass is 277 g/mol. The molecule has 0 amide bonds. The Bertz CT molecular complexity index is 720. The summed E-state index contributed by atoms with van der Waals surface area (Å²) in [5, 5.41) is 3.09. The lowest BCUT2D eigenvalue weighted by molar-refractivity contribution is -0.139. The number of aryl methyl sites for hydroxylation is 1. The topological polar surface area (TPSA) is 76.5 Å². The Kier molecular flexibility index (Phi) is 3.41. The lowest BCUT2D eigenvalue weighted by Gasteiger charge is -2.16. The maximum atomic E-state index is 12.1. The lowest BCUT2D eigenvalue weighted by Crippen LogP contribution is -2.18. The fraction of sp³-hybridized carbons (Fsp3) is 0.500. The third-order valence-electron chi connectivity index (χ3n) is 3.21. The number of hydrogen-bond acceptors (Lipinski definition) is 4. The molecule has 0 aliphatic heterocycles. The van der Waals surface area contributed by atoms with Crippen LogP contribution < -0.4 is 5.56 Å². The smallest absolute Gasteiger partial charge is 0.311 e.